The van der Waals surface area contributed by atoms with Crippen LogP contribution in [0.1, 0.15) is 6.92 Å². The second-order valence-electron chi connectivity index (χ2n) is 2.04. The first-order valence-corrected chi connectivity index (χ1v) is 3.66. The molecule has 0 aliphatic carbocycles. The largest absolute Gasteiger partial charge is 0.377 e. The van der Waals surface area contributed by atoms with E-state index in [-0.39, 0.29) is 0 Å². The fourth-order valence-electron chi connectivity index (χ4n) is 0.714. The van der Waals surface area contributed by atoms with E-state index < -0.39 is 0 Å². The SMILES string of the molecule is CCN(C=CCN)CCN. The molecule has 0 spiro atoms. The minimum Gasteiger partial charge on any atom is -0.377 e. The molecule has 0 radical (unpaired) electrons. The number of nitrogens with two attached hydrogens (primary N) is 2. The normalized spacial score (nSPS) is 10.7. The first kappa shape index (κ1) is 9.46. The van der Waals surface area contributed by atoms with Crippen LogP contribution in [0.4, 0.5) is 0 Å². The van der Waals surface area contributed by atoms with Crippen molar-refractivity contribution in [2.45, 2.75) is 6.92 Å². The summed E-state index contributed by atoms with van der Waals surface area (Å²) in [4.78, 5) is 2.13. The van der Waals surface area contributed by atoms with Gasteiger partial charge in [-0.3, -0.25) is 0 Å². The summed E-state index contributed by atoms with van der Waals surface area (Å²) in [7, 11) is 0. The molecule has 0 atom stereocenters. The molecule has 0 bridgehead atoms. The maximum atomic E-state index is 5.37. The van der Waals surface area contributed by atoms with Crippen LogP contribution in [0, 0.1) is 0 Å². The average molecular weight is 143 g/mol. The Kier molecular flexibility index (Phi) is 6.22. The number of likely N-dealkylation sites (N-methyl/N-ethyl adjacent to an activating group) is 1. The van der Waals surface area contributed by atoms with Crippen LogP contribution in [-0.4, -0.2) is 31.1 Å². The van der Waals surface area contributed by atoms with E-state index in [0.717, 1.165) is 13.1 Å². The standard InChI is InChI=1S/C7H17N3/c1-2-10(7-5-9)6-3-4-8/h3,6H,2,4-5,7-9H2,1H3. The lowest BCUT2D eigenvalue weighted by atomic mass is 10.5. The van der Waals surface area contributed by atoms with Crippen LogP contribution in [0.5, 0.6) is 0 Å². The van der Waals surface area contributed by atoms with Gasteiger partial charge in [0, 0.05) is 26.2 Å². The summed E-state index contributed by atoms with van der Waals surface area (Å²) < 4.78 is 0. The zero-order chi connectivity index (χ0) is 7.82. The summed E-state index contributed by atoms with van der Waals surface area (Å²) in [6, 6.07) is 0. The number of nitrogens with zero attached hydrogens (tertiary/aromatic N) is 1. The lowest BCUT2D eigenvalue weighted by Gasteiger charge is -2.15. The molecule has 0 fully saturated rings. The molecule has 60 valence electrons. The average Bonchev–Trinajstić information content (AvgIpc) is 1.98. The van der Waals surface area contributed by atoms with E-state index >= 15 is 0 Å². The van der Waals surface area contributed by atoms with Crippen LogP contribution < -0.4 is 11.5 Å². The second kappa shape index (κ2) is 6.58. The molecule has 0 amide bonds. The number of hydrogen-bond acceptors (Lipinski definition) is 3. The van der Waals surface area contributed by atoms with Gasteiger partial charge in [0.25, 0.3) is 0 Å². The summed E-state index contributed by atoms with van der Waals surface area (Å²) in [5, 5.41) is 0. The van der Waals surface area contributed by atoms with Crippen LogP contribution in [-0.2, 0) is 0 Å². The molecule has 3 nitrogen and oxygen atoms in total. The van der Waals surface area contributed by atoms with Gasteiger partial charge in [0.15, 0.2) is 0 Å². The Hall–Kier alpha value is -0.540. The fraction of sp³-hybridized carbons (Fsp3) is 0.714. The fourth-order valence-corrected chi connectivity index (χ4v) is 0.714. The second-order valence-corrected chi connectivity index (χ2v) is 2.04. The molecular formula is C7H17N3. The highest BCUT2D eigenvalue weighted by molar-refractivity contribution is 4.82. The highest BCUT2D eigenvalue weighted by atomic mass is 15.1. The lowest BCUT2D eigenvalue weighted by molar-refractivity contribution is 0.406. The quantitative estimate of drug-likeness (QED) is 0.557. The smallest absolute Gasteiger partial charge is 0.0295 e. The molecule has 3 heteroatoms. The van der Waals surface area contributed by atoms with Gasteiger partial charge < -0.3 is 16.4 Å². The molecule has 4 N–H and O–H groups in total. The Labute approximate surface area is 62.7 Å². The Balaban J connectivity index is 3.48. The van der Waals surface area contributed by atoms with Gasteiger partial charge in [-0.15, -0.1) is 0 Å². The first-order chi connectivity index (χ1) is 4.85. The van der Waals surface area contributed by atoms with E-state index in [0.29, 0.717) is 13.1 Å². The summed E-state index contributed by atoms with van der Waals surface area (Å²) >= 11 is 0. The Morgan fingerprint density at radius 1 is 1.40 bits per heavy atom. The molecule has 0 aliphatic rings. The highest BCUT2D eigenvalue weighted by Gasteiger charge is 1.90. The van der Waals surface area contributed by atoms with E-state index in [1.807, 2.05) is 12.3 Å². The van der Waals surface area contributed by atoms with Crippen molar-refractivity contribution >= 4 is 0 Å². The third-order valence-electron chi connectivity index (χ3n) is 1.27. The van der Waals surface area contributed by atoms with Gasteiger partial charge >= 0.3 is 0 Å². The summed E-state index contributed by atoms with van der Waals surface area (Å²) in [6.45, 7) is 5.29. The topological polar surface area (TPSA) is 55.3 Å². The van der Waals surface area contributed by atoms with Crippen LogP contribution in [0.2, 0.25) is 0 Å². The monoisotopic (exact) mass is 143 g/mol. The third kappa shape index (κ3) is 4.35. The Morgan fingerprint density at radius 3 is 2.50 bits per heavy atom. The van der Waals surface area contributed by atoms with E-state index in [4.69, 9.17) is 11.5 Å². The molecule has 10 heavy (non-hydrogen) atoms. The predicted octanol–water partition coefficient (Wildman–Crippen LogP) is -0.261. The van der Waals surface area contributed by atoms with Crippen molar-refractivity contribution in [3.63, 3.8) is 0 Å². The third-order valence-corrected chi connectivity index (χ3v) is 1.27. The zero-order valence-corrected chi connectivity index (χ0v) is 6.59. The van der Waals surface area contributed by atoms with E-state index in [1.54, 1.807) is 0 Å². The van der Waals surface area contributed by atoms with E-state index in [1.165, 1.54) is 0 Å². The van der Waals surface area contributed by atoms with Gasteiger partial charge in [0.2, 0.25) is 0 Å². The zero-order valence-electron chi connectivity index (χ0n) is 6.59. The van der Waals surface area contributed by atoms with Crippen molar-refractivity contribution in [1.82, 2.24) is 4.90 Å². The molecule has 0 unspecified atom stereocenters. The summed E-state index contributed by atoms with van der Waals surface area (Å²) in [5.41, 5.74) is 10.7. The van der Waals surface area contributed by atoms with Crippen molar-refractivity contribution in [3.05, 3.63) is 12.3 Å². The molecular weight excluding hydrogens is 126 g/mol. The van der Waals surface area contributed by atoms with Crippen LogP contribution in [0.15, 0.2) is 12.3 Å². The van der Waals surface area contributed by atoms with Crippen molar-refractivity contribution in [2.24, 2.45) is 11.5 Å². The minimum absolute atomic E-state index is 0.598. The Morgan fingerprint density at radius 2 is 2.10 bits per heavy atom. The van der Waals surface area contributed by atoms with Crippen molar-refractivity contribution in [3.8, 4) is 0 Å². The molecule has 0 aromatic rings. The van der Waals surface area contributed by atoms with E-state index in [9.17, 15) is 0 Å². The molecule has 0 aromatic carbocycles. The van der Waals surface area contributed by atoms with Crippen molar-refractivity contribution < 1.29 is 0 Å². The molecule has 0 rings (SSSR count). The van der Waals surface area contributed by atoms with Crippen LogP contribution in [0.3, 0.4) is 0 Å². The van der Waals surface area contributed by atoms with Gasteiger partial charge in [-0.05, 0) is 13.1 Å². The summed E-state index contributed by atoms with van der Waals surface area (Å²) in [5.74, 6) is 0. The maximum absolute atomic E-state index is 5.37. The van der Waals surface area contributed by atoms with Gasteiger partial charge in [-0.2, -0.15) is 0 Å². The maximum Gasteiger partial charge on any atom is 0.0295 e. The van der Waals surface area contributed by atoms with Gasteiger partial charge in [0.1, 0.15) is 0 Å². The van der Waals surface area contributed by atoms with Crippen molar-refractivity contribution in [2.75, 3.05) is 26.2 Å². The van der Waals surface area contributed by atoms with Crippen LogP contribution >= 0.6 is 0 Å². The molecule has 0 saturated heterocycles. The molecule has 0 saturated carbocycles. The molecule has 0 aliphatic heterocycles. The lowest BCUT2D eigenvalue weighted by Crippen LogP contribution is -2.24. The molecule has 0 aromatic heterocycles. The van der Waals surface area contributed by atoms with Gasteiger partial charge in [0.05, 0.1) is 0 Å². The number of hydrogen-bond donors (Lipinski definition) is 2. The van der Waals surface area contributed by atoms with Gasteiger partial charge in [-0.25, -0.2) is 0 Å². The van der Waals surface area contributed by atoms with E-state index in [2.05, 4.69) is 11.8 Å². The highest BCUT2D eigenvalue weighted by Crippen LogP contribution is 1.85. The van der Waals surface area contributed by atoms with Crippen LogP contribution in [0.25, 0.3) is 0 Å². The molecule has 0 heterocycles. The minimum atomic E-state index is 0.598. The summed E-state index contributed by atoms with van der Waals surface area (Å²) in [6.07, 6.45) is 3.92. The van der Waals surface area contributed by atoms with Gasteiger partial charge in [-0.1, -0.05) is 6.08 Å². The first-order valence-electron chi connectivity index (χ1n) is 3.66. The predicted molar refractivity (Wildman–Crippen MR) is 44.5 cm³/mol. The van der Waals surface area contributed by atoms with Crippen molar-refractivity contribution in [1.29, 1.82) is 0 Å². The Bertz CT molecular complexity index is 90.9. The number of rotatable bonds is 5.